The van der Waals surface area contributed by atoms with E-state index in [9.17, 15) is 0 Å². The predicted octanol–water partition coefficient (Wildman–Crippen LogP) is 3.23. The molecule has 0 amide bonds. The largest absolute Gasteiger partial charge is 0.312 e. The Balaban J connectivity index is 2.18. The van der Waals surface area contributed by atoms with Crippen molar-refractivity contribution in [3.05, 3.63) is 40.9 Å². The predicted molar refractivity (Wildman–Crippen MR) is 69.7 cm³/mol. The fourth-order valence-electron chi connectivity index (χ4n) is 1.55. The molecule has 16 heavy (non-hydrogen) atoms. The van der Waals surface area contributed by atoms with Gasteiger partial charge in [0, 0.05) is 23.2 Å². The molecule has 84 valence electrons. The second kappa shape index (κ2) is 5.23. The smallest absolute Gasteiger partial charge is 0.123 e. The summed E-state index contributed by atoms with van der Waals surface area (Å²) in [6, 6.07) is 8.48. The molecular formula is C13H16N2S. The van der Waals surface area contributed by atoms with Gasteiger partial charge in [-0.3, -0.25) is 0 Å². The van der Waals surface area contributed by atoms with E-state index in [1.165, 1.54) is 16.0 Å². The van der Waals surface area contributed by atoms with E-state index in [-0.39, 0.29) is 0 Å². The fourth-order valence-corrected chi connectivity index (χ4v) is 2.43. The quantitative estimate of drug-likeness (QED) is 0.875. The Labute approximate surface area is 100 Å². The highest BCUT2D eigenvalue weighted by atomic mass is 32.1. The number of aryl methyl sites for hydroxylation is 1. The maximum absolute atomic E-state index is 4.46. The van der Waals surface area contributed by atoms with Crippen LogP contribution < -0.4 is 5.32 Å². The number of rotatable bonds is 4. The summed E-state index contributed by atoms with van der Waals surface area (Å²) in [5.41, 5.74) is 2.49. The van der Waals surface area contributed by atoms with Gasteiger partial charge in [-0.15, -0.1) is 11.3 Å². The summed E-state index contributed by atoms with van der Waals surface area (Å²) in [4.78, 5) is 5.75. The molecule has 3 heteroatoms. The van der Waals surface area contributed by atoms with Crippen LogP contribution in [0.15, 0.2) is 30.5 Å². The minimum Gasteiger partial charge on any atom is -0.312 e. The Hall–Kier alpha value is -1.19. The molecule has 0 bridgehead atoms. The molecule has 1 heterocycles. The number of nitrogens with zero attached hydrogens (tertiary/aromatic N) is 1. The molecule has 0 radical (unpaired) electrons. The summed E-state index contributed by atoms with van der Waals surface area (Å²) in [5, 5.41) is 4.42. The third kappa shape index (κ3) is 2.68. The van der Waals surface area contributed by atoms with Gasteiger partial charge in [-0.25, -0.2) is 4.98 Å². The van der Waals surface area contributed by atoms with Gasteiger partial charge in [-0.05, 0) is 19.5 Å². The lowest BCUT2D eigenvalue weighted by molar-refractivity contribution is 0.734. The van der Waals surface area contributed by atoms with Gasteiger partial charge in [0.1, 0.15) is 5.01 Å². The summed E-state index contributed by atoms with van der Waals surface area (Å²) in [6.07, 6.45) is 1.96. The summed E-state index contributed by atoms with van der Waals surface area (Å²) in [6.45, 7) is 6.14. The minimum absolute atomic E-state index is 0.917. The first-order chi connectivity index (χ1) is 7.79. The number of benzene rings is 1. The van der Waals surface area contributed by atoms with Crippen molar-refractivity contribution in [2.24, 2.45) is 0 Å². The highest BCUT2D eigenvalue weighted by molar-refractivity contribution is 7.15. The van der Waals surface area contributed by atoms with Crippen molar-refractivity contribution >= 4 is 11.3 Å². The summed E-state index contributed by atoms with van der Waals surface area (Å²) < 4.78 is 0. The lowest BCUT2D eigenvalue weighted by Crippen LogP contribution is -2.10. The number of nitrogens with one attached hydrogen (secondary N) is 1. The van der Waals surface area contributed by atoms with Crippen LogP contribution in [-0.2, 0) is 6.54 Å². The topological polar surface area (TPSA) is 24.9 Å². The zero-order chi connectivity index (χ0) is 11.4. The van der Waals surface area contributed by atoms with E-state index in [1.54, 1.807) is 11.3 Å². The molecule has 0 spiro atoms. The van der Waals surface area contributed by atoms with Gasteiger partial charge in [-0.2, -0.15) is 0 Å². The minimum atomic E-state index is 0.917. The van der Waals surface area contributed by atoms with E-state index in [1.807, 2.05) is 6.20 Å². The first-order valence-corrected chi connectivity index (χ1v) is 6.33. The van der Waals surface area contributed by atoms with Crippen molar-refractivity contribution in [3.8, 4) is 10.6 Å². The molecule has 2 nitrogen and oxygen atoms in total. The van der Waals surface area contributed by atoms with Crippen LogP contribution in [0.1, 0.15) is 17.4 Å². The highest BCUT2D eigenvalue weighted by Crippen LogP contribution is 2.25. The number of hydrogen-bond donors (Lipinski definition) is 1. The number of thiazole rings is 1. The van der Waals surface area contributed by atoms with E-state index in [0.29, 0.717) is 0 Å². The average molecular weight is 232 g/mol. The van der Waals surface area contributed by atoms with Crippen molar-refractivity contribution in [2.45, 2.75) is 20.4 Å². The van der Waals surface area contributed by atoms with Crippen LogP contribution in [0.4, 0.5) is 0 Å². The van der Waals surface area contributed by atoms with E-state index >= 15 is 0 Å². The van der Waals surface area contributed by atoms with Crippen LogP contribution >= 0.6 is 11.3 Å². The Morgan fingerprint density at radius 3 is 3.00 bits per heavy atom. The molecule has 0 saturated heterocycles. The monoisotopic (exact) mass is 232 g/mol. The lowest BCUT2D eigenvalue weighted by atomic mass is 10.1. The molecule has 0 unspecified atom stereocenters. The van der Waals surface area contributed by atoms with Crippen molar-refractivity contribution in [1.29, 1.82) is 0 Å². The Morgan fingerprint density at radius 1 is 1.38 bits per heavy atom. The number of aromatic nitrogens is 1. The van der Waals surface area contributed by atoms with E-state index in [2.05, 4.69) is 48.4 Å². The molecule has 2 aromatic rings. The summed E-state index contributed by atoms with van der Waals surface area (Å²) in [7, 11) is 0. The summed E-state index contributed by atoms with van der Waals surface area (Å²) >= 11 is 1.76. The molecule has 0 aliphatic rings. The zero-order valence-corrected chi connectivity index (χ0v) is 10.5. The van der Waals surface area contributed by atoms with Crippen LogP contribution in [0, 0.1) is 6.92 Å². The van der Waals surface area contributed by atoms with Gasteiger partial charge < -0.3 is 5.32 Å². The van der Waals surface area contributed by atoms with E-state index in [4.69, 9.17) is 0 Å². The van der Waals surface area contributed by atoms with Crippen LogP contribution in [0.2, 0.25) is 0 Å². The summed E-state index contributed by atoms with van der Waals surface area (Å²) in [5.74, 6) is 0. The molecule has 1 aromatic heterocycles. The molecule has 0 fully saturated rings. The van der Waals surface area contributed by atoms with Crippen molar-refractivity contribution in [1.82, 2.24) is 10.3 Å². The Kier molecular flexibility index (Phi) is 3.70. The maximum Gasteiger partial charge on any atom is 0.123 e. The maximum atomic E-state index is 4.46. The SMILES string of the molecule is CCNCc1cnc(-c2cccc(C)c2)s1. The van der Waals surface area contributed by atoms with Crippen molar-refractivity contribution in [3.63, 3.8) is 0 Å². The van der Waals surface area contributed by atoms with E-state index in [0.717, 1.165) is 18.1 Å². The van der Waals surface area contributed by atoms with Gasteiger partial charge in [-0.1, -0.05) is 30.7 Å². The first kappa shape index (κ1) is 11.3. The molecule has 1 aromatic carbocycles. The van der Waals surface area contributed by atoms with Gasteiger partial charge >= 0.3 is 0 Å². The standard InChI is InChI=1S/C13H16N2S/c1-3-14-8-12-9-15-13(16-12)11-6-4-5-10(2)7-11/h4-7,9,14H,3,8H2,1-2H3. The molecule has 0 aliphatic carbocycles. The third-order valence-corrected chi connectivity index (χ3v) is 3.41. The third-order valence-electron chi connectivity index (χ3n) is 2.37. The van der Waals surface area contributed by atoms with Crippen molar-refractivity contribution < 1.29 is 0 Å². The van der Waals surface area contributed by atoms with Crippen LogP contribution in [0.25, 0.3) is 10.6 Å². The van der Waals surface area contributed by atoms with Crippen molar-refractivity contribution in [2.75, 3.05) is 6.54 Å². The Morgan fingerprint density at radius 2 is 2.25 bits per heavy atom. The lowest BCUT2D eigenvalue weighted by Gasteiger charge is -1.97. The fraction of sp³-hybridized carbons (Fsp3) is 0.308. The van der Waals surface area contributed by atoms with Crippen LogP contribution in [0.3, 0.4) is 0 Å². The van der Waals surface area contributed by atoms with Gasteiger partial charge in [0.15, 0.2) is 0 Å². The molecule has 1 N–H and O–H groups in total. The molecule has 0 atom stereocenters. The first-order valence-electron chi connectivity index (χ1n) is 5.52. The highest BCUT2D eigenvalue weighted by Gasteiger charge is 2.04. The molecule has 2 rings (SSSR count). The van der Waals surface area contributed by atoms with Gasteiger partial charge in [0.05, 0.1) is 0 Å². The molecule has 0 saturated carbocycles. The molecular weight excluding hydrogens is 216 g/mol. The van der Waals surface area contributed by atoms with E-state index < -0.39 is 0 Å². The second-order valence-electron chi connectivity index (χ2n) is 3.78. The van der Waals surface area contributed by atoms with Gasteiger partial charge in [0.25, 0.3) is 0 Å². The average Bonchev–Trinajstić information content (AvgIpc) is 2.75. The Bertz CT molecular complexity index is 462. The normalized spacial score (nSPS) is 10.6. The number of hydrogen-bond acceptors (Lipinski definition) is 3. The second-order valence-corrected chi connectivity index (χ2v) is 4.90. The van der Waals surface area contributed by atoms with Crippen LogP contribution in [0.5, 0.6) is 0 Å². The zero-order valence-electron chi connectivity index (χ0n) is 9.66. The molecule has 0 aliphatic heterocycles. The van der Waals surface area contributed by atoms with Gasteiger partial charge in [0.2, 0.25) is 0 Å². The van der Waals surface area contributed by atoms with Crippen LogP contribution in [-0.4, -0.2) is 11.5 Å².